The van der Waals surface area contributed by atoms with Crippen LogP contribution in [0.2, 0.25) is 0 Å². The third-order valence-corrected chi connectivity index (χ3v) is 2.53. The second-order valence-electron chi connectivity index (χ2n) is 3.94. The van der Waals surface area contributed by atoms with Crippen molar-refractivity contribution in [2.24, 2.45) is 0 Å². The molecule has 0 saturated carbocycles. The molecule has 0 aromatic carbocycles. The number of ether oxygens (including phenoxy) is 1. The number of aromatic nitrogens is 2. The quantitative estimate of drug-likeness (QED) is 0.549. The molecule has 0 spiro atoms. The smallest absolute Gasteiger partial charge is 0.163 e. The fourth-order valence-electron chi connectivity index (χ4n) is 1.82. The van der Waals surface area contributed by atoms with Gasteiger partial charge in [-0.15, -0.1) is 0 Å². The molecule has 0 N–H and O–H groups in total. The third-order valence-electron chi connectivity index (χ3n) is 2.53. The second kappa shape index (κ2) is 5.80. The summed E-state index contributed by atoms with van der Waals surface area (Å²) in [5, 5.41) is 4.34. The zero-order valence-electron chi connectivity index (χ0n) is 10.5. The van der Waals surface area contributed by atoms with Crippen LogP contribution in [0.4, 0.5) is 0 Å². The van der Waals surface area contributed by atoms with Crippen molar-refractivity contribution in [2.45, 2.75) is 40.7 Å². The first-order valence-corrected chi connectivity index (χ1v) is 5.70. The summed E-state index contributed by atoms with van der Waals surface area (Å²) in [6, 6.07) is 0. The highest BCUT2D eigenvalue weighted by Crippen LogP contribution is 2.13. The SMILES string of the molecule is CCCOCCn1nc(C)c(C(C)=O)c1C. The predicted octanol–water partition coefficient (Wildman–Crippen LogP) is 2.13. The molecule has 0 fully saturated rings. The van der Waals surface area contributed by atoms with E-state index in [9.17, 15) is 4.79 Å². The van der Waals surface area contributed by atoms with Crippen LogP contribution in [0.1, 0.15) is 42.0 Å². The molecular formula is C12H20N2O2. The molecule has 16 heavy (non-hydrogen) atoms. The fourth-order valence-corrected chi connectivity index (χ4v) is 1.82. The van der Waals surface area contributed by atoms with E-state index in [0.29, 0.717) is 13.2 Å². The minimum absolute atomic E-state index is 0.0794. The molecule has 90 valence electrons. The zero-order valence-corrected chi connectivity index (χ0v) is 10.5. The Kier molecular flexibility index (Phi) is 4.68. The first-order chi connectivity index (χ1) is 7.57. The Balaban J connectivity index is 2.67. The van der Waals surface area contributed by atoms with Gasteiger partial charge in [0.15, 0.2) is 5.78 Å². The Hall–Kier alpha value is -1.16. The molecule has 0 aliphatic rings. The maximum absolute atomic E-state index is 11.4. The third kappa shape index (κ3) is 2.92. The average Bonchev–Trinajstić information content (AvgIpc) is 2.49. The lowest BCUT2D eigenvalue weighted by Gasteiger charge is -2.05. The minimum Gasteiger partial charge on any atom is -0.380 e. The molecule has 4 nitrogen and oxygen atoms in total. The summed E-state index contributed by atoms with van der Waals surface area (Å²) in [6.45, 7) is 9.59. The van der Waals surface area contributed by atoms with Crippen LogP contribution in [-0.4, -0.2) is 28.8 Å². The second-order valence-corrected chi connectivity index (χ2v) is 3.94. The lowest BCUT2D eigenvalue weighted by atomic mass is 10.1. The molecule has 0 saturated heterocycles. The van der Waals surface area contributed by atoms with Gasteiger partial charge in [0.25, 0.3) is 0 Å². The summed E-state index contributed by atoms with van der Waals surface area (Å²) in [4.78, 5) is 11.4. The van der Waals surface area contributed by atoms with Crippen LogP contribution in [0.3, 0.4) is 0 Å². The molecule has 0 radical (unpaired) electrons. The van der Waals surface area contributed by atoms with Gasteiger partial charge in [0.05, 0.1) is 24.4 Å². The molecule has 0 bridgehead atoms. The summed E-state index contributed by atoms with van der Waals surface area (Å²) in [7, 11) is 0. The molecule has 0 aliphatic carbocycles. The molecule has 0 atom stereocenters. The van der Waals surface area contributed by atoms with Gasteiger partial charge in [0, 0.05) is 12.3 Å². The summed E-state index contributed by atoms with van der Waals surface area (Å²) < 4.78 is 7.25. The van der Waals surface area contributed by atoms with E-state index in [-0.39, 0.29) is 5.78 Å². The first kappa shape index (κ1) is 12.9. The van der Waals surface area contributed by atoms with Crippen LogP contribution in [0.25, 0.3) is 0 Å². The fraction of sp³-hybridized carbons (Fsp3) is 0.667. The Morgan fingerprint density at radius 1 is 1.38 bits per heavy atom. The number of hydrogen-bond donors (Lipinski definition) is 0. The van der Waals surface area contributed by atoms with E-state index < -0.39 is 0 Å². The van der Waals surface area contributed by atoms with Crippen LogP contribution in [0, 0.1) is 13.8 Å². The van der Waals surface area contributed by atoms with Gasteiger partial charge in [-0.25, -0.2) is 0 Å². The lowest BCUT2D eigenvalue weighted by Crippen LogP contribution is -2.10. The first-order valence-electron chi connectivity index (χ1n) is 5.70. The number of carbonyl (C=O) groups excluding carboxylic acids is 1. The van der Waals surface area contributed by atoms with Gasteiger partial charge in [-0.1, -0.05) is 6.92 Å². The molecule has 1 aromatic heterocycles. The topological polar surface area (TPSA) is 44.1 Å². The van der Waals surface area contributed by atoms with Crippen molar-refractivity contribution < 1.29 is 9.53 Å². The average molecular weight is 224 g/mol. The monoisotopic (exact) mass is 224 g/mol. The van der Waals surface area contributed by atoms with E-state index in [4.69, 9.17) is 4.74 Å². The molecule has 0 aliphatic heterocycles. The van der Waals surface area contributed by atoms with E-state index in [1.807, 2.05) is 18.5 Å². The van der Waals surface area contributed by atoms with Crippen LogP contribution >= 0.6 is 0 Å². The Labute approximate surface area is 96.6 Å². The van der Waals surface area contributed by atoms with Gasteiger partial charge in [-0.2, -0.15) is 5.10 Å². The summed E-state index contributed by atoms with van der Waals surface area (Å²) in [5.41, 5.74) is 2.49. The van der Waals surface area contributed by atoms with Crippen molar-refractivity contribution >= 4 is 5.78 Å². The Bertz CT molecular complexity index is 369. The van der Waals surface area contributed by atoms with Crippen LogP contribution < -0.4 is 0 Å². The zero-order chi connectivity index (χ0) is 12.1. The van der Waals surface area contributed by atoms with Gasteiger partial charge in [0.2, 0.25) is 0 Å². The highest BCUT2D eigenvalue weighted by molar-refractivity contribution is 5.96. The van der Waals surface area contributed by atoms with Gasteiger partial charge in [-0.3, -0.25) is 9.48 Å². The van der Waals surface area contributed by atoms with E-state index in [0.717, 1.165) is 30.0 Å². The summed E-state index contributed by atoms with van der Waals surface area (Å²) in [5.74, 6) is 0.0794. The maximum atomic E-state index is 11.4. The molecule has 1 heterocycles. The highest BCUT2D eigenvalue weighted by atomic mass is 16.5. The molecular weight excluding hydrogens is 204 g/mol. The normalized spacial score (nSPS) is 10.8. The molecule has 0 unspecified atom stereocenters. The number of aryl methyl sites for hydroxylation is 1. The lowest BCUT2D eigenvalue weighted by molar-refractivity contribution is 0.101. The van der Waals surface area contributed by atoms with Gasteiger partial charge < -0.3 is 4.74 Å². The van der Waals surface area contributed by atoms with Crippen molar-refractivity contribution in [3.05, 3.63) is 17.0 Å². The minimum atomic E-state index is 0.0794. The molecule has 4 heteroatoms. The van der Waals surface area contributed by atoms with Crippen molar-refractivity contribution in [1.82, 2.24) is 9.78 Å². The molecule has 0 amide bonds. The van der Waals surface area contributed by atoms with Gasteiger partial charge >= 0.3 is 0 Å². The standard InChI is InChI=1S/C12H20N2O2/c1-5-7-16-8-6-14-10(3)12(11(4)15)9(2)13-14/h5-8H2,1-4H3. The number of nitrogens with zero attached hydrogens (tertiary/aromatic N) is 2. The number of Topliss-reactive ketones (excluding diaryl/α,β-unsaturated/α-hetero) is 1. The van der Waals surface area contributed by atoms with Crippen molar-refractivity contribution in [1.29, 1.82) is 0 Å². The van der Waals surface area contributed by atoms with Crippen LogP contribution in [0.15, 0.2) is 0 Å². The van der Waals surface area contributed by atoms with Crippen molar-refractivity contribution in [3.63, 3.8) is 0 Å². The Morgan fingerprint density at radius 3 is 2.56 bits per heavy atom. The van der Waals surface area contributed by atoms with E-state index in [1.54, 1.807) is 6.92 Å². The number of ketones is 1. The summed E-state index contributed by atoms with van der Waals surface area (Å²) in [6.07, 6.45) is 1.02. The predicted molar refractivity (Wildman–Crippen MR) is 62.8 cm³/mol. The molecule has 1 aromatic rings. The maximum Gasteiger partial charge on any atom is 0.163 e. The van der Waals surface area contributed by atoms with Crippen LogP contribution in [-0.2, 0) is 11.3 Å². The summed E-state index contributed by atoms with van der Waals surface area (Å²) >= 11 is 0. The number of carbonyl (C=O) groups is 1. The largest absolute Gasteiger partial charge is 0.380 e. The van der Waals surface area contributed by atoms with Crippen molar-refractivity contribution in [3.8, 4) is 0 Å². The molecule has 1 rings (SSSR count). The number of hydrogen-bond acceptors (Lipinski definition) is 3. The Morgan fingerprint density at radius 2 is 2.06 bits per heavy atom. The van der Waals surface area contributed by atoms with E-state index >= 15 is 0 Å². The van der Waals surface area contributed by atoms with E-state index in [2.05, 4.69) is 12.0 Å². The van der Waals surface area contributed by atoms with Gasteiger partial charge in [0.1, 0.15) is 0 Å². The van der Waals surface area contributed by atoms with Crippen molar-refractivity contribution in [2.75, 3.05) is 13.2 Å². The highest BCUT2D eigenvalue weighted by Gasteiger charge is 2.14. The number of rotatable bonds is 6. The van der Waals surface area contributed by atoms with E-state index in [1.165, 1.54) is 0 Å². The van der Waals surface area contributed by atoms with Crippen LogP contribution in [0.5, 0.6) is 0 Å². The van der Waals surface area contributed by atoms with Gasteiger partial charge in [-0.05, 0) is 27.2 Å².